The van der Waals surface area contributed by atoms with Gasteiger partial charge >= 0.3 is 0 Å². The maximum atomic E-state index is 9.44. The summed E-state index contributed by atoms with van der Waals surface area (Å²) in [4.78, 5) is 2.72. The number of rotatable bonds is 5. The molecule has 0 aromatic heterocycles. The lowest BCUT2D eigenvalue weighted by molar-refractivity contribution is 0.170. The van der Waals surface area contributed by atoms with Gasteiger partial charge in [-0.1, -0.05) is 25.4 Å². The molecule has 1 saturated carbocycles. The second-order valence-corrected chi connectivity index (χ2v) is 5.11. The Hall–Kier alpha value is -1.24. The molecular formula is C12H21N5. The van der Waals surface area contributed by atoms with E-state index in [1.165, 1.54) is 6.42 Å². The molecule has 3 atom stereocenters. The first-order valence-electron chi connectivity index (χ1n) is 6.32. The van der Waals surface area contributed by atoms with E-state index in [-0.39, 0.29) is 5.54 Å². The molecule has 0 aliphatic heterocycles. The molecular weight excluding hydrogens is 214 g/mol. The Labute approximate surface area is 103 Å². The monoisotopic (exact) mass is 235 g/mol. The van der Waals surface area contributed by atoms with Gasteiger partial charge in [-0.15, -0.1) is 0 Å². The van der Waals surface area contributed by atoms with Crippen LogP contribution in [0.4, 0.5) is 0 Å². The summed E-state index contributed by atoms with van der Waals surface area (Å²) in [6, 6.07) is 2.47. The average molecular weight is 235 g/mol. The summed E-state index contributed by atoms with van der Waals surface area (Å²) in [5, 5.41) is 16.3. The second kappa shape index (κ2) is 6.48. The van der Waals surface area contributed by atoms with Gasteiger partial charge in [0.25, 0.3) is 0 Å². The van der Waals surface area contributed by atoms with Crippen molar-refractivity contribution in [3.05, 3.63) is 10.4 Å². The third kappa shape index (κ3) is 3.62. The predicted octanol–water partition coefficient (Wildman–Crippen LogP) is 2.99. The van der Waals surface area contributed by atoms with E-state index >= 15 is 0 Å². The number of nitrogens with one attached hydrogen (secondary N) is 1. The molecule has 0 saturated heterocycles. The molecule has 17 heavy (non-hydrogen) atoms. The Morgan fingerprint density at radius 1 is 1.53 bits per heavy atom. The fourth-order valence-electron chi connectivity index (χ4n) is 2.58. The highest BCUT2D eigenvalue weighted by Crippen LogP contribution is 2.36. The second-order valence-electron chi connectivity index (χ2n) is 5.11. The van der Waals surface area contributed by atoms with Crippen LogP contribution in [0.15, 0.2) is 5.11 Å². The fraction of sp³-hybridized carbons (Fsp3) is 0.917. The van der Waals surface area contributed by atoms with E-state index in [1.807, 2.05) is 0 Å². The lowest BCUT2D eigenvalue weighted by Crippen LogP contribution is -2.53. The molecule has 0 spiro atoms. The van der Waals surface area contributed by atoms with E-state index in [1.54, 1.807) is 0 Å². The minimum Gasteiger partial charge on any atom is -0.299 e. The van der Waals surface area contributed by atoms with Crippen molar-refractivity contribution in [2.45, 2.75) is 45.1 Å². The van der Waals surface area contributed by atoms with Crippen molar-refractivity contribution in [1.29, 1.82) is 5.26 Å². The Bertz CT molecular complexity index is 328. The maximum Gasteiger partial charge on any atom is 0.109 e. The quantitative estimate of drug-likeness (QED) is 0.344. The lowest BCUT2D eigenvalue weighted by Gasteiger charge is -2.40. The molecule has 1 N–H and O–H groups in total. The molecule has 1 aliphatic carbocycles. The molecule has 0 aromatic rings. The fourth-order valence-corrected chi connectivity index (χ4v) is 2.58. The van der Waals surface area contributed by atoms with Crippen molar-refractivity contribution in [2.24, 2.45) is 17.0 Å². The van der Waals surface area contributed by atoms with Crippen LogP contribution in [0.2, 0.25) is 0 Å². The van der Waals surface area contributed by atoms with Crippen molar-refractivity contribution >= 4 is 0 Å². The van der Waals surface area contributed by atoms with Crippen LogP contribution < -0.4 is 5.32 Å². The maximum absolute atomic E-state index is 9.44. The van der Waals surface area contributed by atoms with E-state index in [9.17, 15) is 5.26 Å². The van der Waals surface area contributed by atoms with Crippen LogP contribution in [0.5, 0.6) is 0 Å². The Balaban J connectivity index is 2.49. The smallest absolute Gasteiger partial charge is 0.109 e. The topological polar surface area (TPSA) is 84.6 Å². The summed E-state index contributed by atoms with van der Waals surface area (Å²) in [7, 11) is 0. The number of azide groups is 1. The van der Waals surface area contributed by atoms with Gasteiger partial charge in [0.1, 0.15) is 5.54 Å². The normalized spacial score (nSPS) is 32.5. The first-order valence-corrected chi connectivity index (χ1v) is 6.32. The van der Waals surface area contributed by atoms with Crippen LogP contribution in [0.3, 0.4) is 0 Å². The van der Waals surface area contributed by atoms with Crippen molar-refractivity contribution < 1.29 is 0 Å². The van der Waals surface area contributed by atoms with Crippen LogP contribution in [-0.2, 0) is 0 Å². The third-order valence-electron chi connectivity index (χ3n) is 3.74. The van der Waals surface area contributed by atoms with Crippen LogP contribution in [-0.4, -0.2) is 18.6 Å². The van der Waals surface area contributed by atoms with Gasteiger partial charge in [-0.25, -0.2) is 0 Å². The summed E-state index contributed by atoms with van der Waals surface area (Å²) in [6.45, 7) is 5.59. The largest absolute Gasteiger partial charge is 0.299 e. The molecule has 0 bridgehead atoms. The first-order chi connectivity index (χ1) is 8.14. The van der Waals surface area contributed by atoms with E-state index in [0.29, 0.717) is 18.4 Å². The van der Waals surface area contributed by atoms with Gasteiger partial charge in [-0.3, -0.25) is 5.32 Å². The molecule has 5 nitrogen and oxygen atoms in total. The van der Waals surface area contributed by atoms with Gasteiger partial charge in [0, 0.05) is 11.5 Å². The molecule has 1 rings (SSSR count). The number of nitriles is 1. The zero-order valence-corrected chi connectivity index (χ0v) is 10.7. The molecule has 5 heteroatoms. The van der Waals surface area contributed by atoms with E-state index in [4.69, 9.17) is 5.53 Å². The van der Waals surface area contributed by atoms with Gasteiger partial charge in [-0.2, -0.15) is 5.26 Å². The molecule has 0 heterocycles. The van der Waals surface area contributed by atoms with Gasteiger partial charge in [-0.05, 0) is 43.2 Å². The minimum atomic E-state index is -0.381. The highest BCUT2D eigenvalue weighted by atomic mass is 15.1. The minimum absolute atomic E-state index is 0.381. The summed E-state index contributed by atoms with van der Waals surface area (Å²) in [6.07, 6.45) is 4.03. The van der Waals surface area contributed by atoms with Crippen molar-refractivity contribution in [3.63, 3.8) is 0 Å². The highest BCUT2D eigenvalue weighted by Gasteiger charge is 2.40. The third-order valence-corrected chi connectivity index (χ3v) is 3.74. The molecule has 0 aromatic carbocycles. The summed E-state index contributed by atoms with van der Waals surface area (Å²) < 4.78 is 0. The SMILES string of the molecule is CC1CCC(C)C(C#N)(NCCCN=[N+]=[N-])C1. The summed E-state index contributed by atoms with van der Waals surface area (Å²) in [5.41, 5.74) is 7.79. The Morgan fingerprint density at radius 2 is 2.29 bits per heavy atom. The van der Waals surface area contributed by atoms with Gasteiger partial charge < -0.3 is 0 Å². The number of hydrogen-bond acceptors (Lipinski definition) is 3. The summed E-state index contributed by atoms with van der Waals surface area (Å²) in [5.74, 6) is 0.999. The Morgan fingerprint density at radius 3 is 2.94 bits per heavy atom. The predicted molar refractivity (Wildman–Crippen MR) is 67.2 cm³/mol. The zero-order valence-electron chi connectivity index (χ0n) is 10.7. The average Bonchev–Trinajstić information content (AvgIpc) is 2.33. The van der Waals surface area contributed by atoms with Crippen molar-refractivity contribution in [3.8, 4) is 6.07 Å². The molecule has 1 aliphatic rings. The molecule has 94 valence electrons. The van der Waals surface area contributed by atoms with Crippen LogP contribution in [0.25, 0.3) is 10.4 Å². The van der Waals surface area contributed by atoms with Gasteiger partial charge in [0.2, 0.25) is 0 Å². The van der Waals surface area contributed by atoms with Crippen molar-refractivity contribution in [2.75, 3.05) is 13.1 Å². The first kappa shape index (κ1) is 13.8. The molecule has 1 fully saturated rings. The number of nitrogens with zero attached hydrogens (tertiary/aromatic N) is 4. The standard InChI is InChI=1S/C12H21N5/c1-10-4-5-11(2)12(8-10,9-13)15-6-3-7-16-17-14/h10-11,15H,3-8H2,1-2H3. The van der Waals surface area contributed by atoms with Crippen LogP contribution in [0, 0.1) is 23.2 Å². The van der Waals surface area contributed by atoms with E-state index in [0.717, 1.165) is 25.8 Å². The van der Waals surface area contributed by atoms with Crippen LogP contribution >= 0.6 is 0 Å². The van der Waals surface area contributed by atoms with Crippen molar-refractivity contribution in [1.82, 2.24) is 5.32 Å². The van der Waals surface area contributed by atoms with Crippen LogP contribution in [0.1, 0.15) is 39.5 Å². The lowest BCUT2D eigenvalue weighted by atomic mass is 9.70. The molecule has 0 amide bonds. The van der Waals surface area contributed by atoms with E-state index in [2.05, 4.69) is 35.3 Å². The van der Waals surface area contributed by atoms with E-state index < -0.39 is 0 Å². The number of hydrogen-bond donors (Lipinski definition) is 1. The zero-order chi connectivity index (χ0) is 12.7. The summed E-state index contributed by atoms with van der Waals surface area (Å²) >= 11 is 0. The Kier molecular flexibility index (Phi) is 5.27. The molecule has 0 radical (unpaired) electrons. The van der Waals surface area contributed by atoms with Gasteiger partial charge in [0.15, 0.2) is 0 Å². The van der Waals surface area contributed by atoms with Gasteiger partial charge in [0.05, 0.1) is 6.07 Å². The molecule has 3 unspecified atom stereocenters. The highest BCUT2D eigenvalue weighted by molar-refractivity contribution is 5.12.